The molecule has 9 heteroatoms. The molecule has 0 aromatic heterocycles. The van der Waals surface area contributed by atoms with Gasteiger partial charge in [0.15, 0.2) is 0 Å². The fraction of sp³-hybridized carbons (Fsp3) is 0.158. The quantitative estimate of drug-likeness (QED) is 0.0680. The molecule has 0 heterocycles. The Morgan fingerprint density at radius 1 is 0.511 bits per heavy atom. The van der Waals surface area contributed by atoms with E-state index >= 15 is 0 Å². The summed E-state index contributed by atoms with van der Waals surface area (Å²) in [6.45, 7) is 0. The first kappa shape index (κ1) is 41.0. The van der Waals surface area contributed by atoms with Crippen LogP contribution in [0.3, 0.4) is 0 Å². The largest absolute Gasteiger partial charge is 2.00 e. The molecule has 0 spiro atoms. The van der Waals surface area contributed by atoms with Crippen molar-refractivity contribution in [3.8, 4) is 0 Å². The number of thiocarbonyl (C=S) groups is 2. The Morgan fingerprint density at radius 2 is 0.766 bits per heavy atom. The van der Waals surface area contributed by atoms with Crippen molar-refractivity contribution in [1.29, 1.82) is 0 Å². The predicted octanol–water partition coefficient (Wildman–Crippen LogP) is 7.75. The topological polar surface area (TPSA) is 6.48 Å². The minimum Gasteiger partial charge on any atom is -0.411 e. The van der Waals surface area contributed by atoms with Crippen LogP contribution in [-0.4, -0.2) is 52.8 Å². The van der Waals surface area contributed by atoms with E-state index in [1.807, 2.05) is 28.2 Å². The van der Waals surface area contributed by atoms with Crippen molar-refractivity contribution in [2.24, 2.45) is 0 Å². The zero-order valence-corrected chi connectivity index (χ0v) is 33.8. The second-order valence-corrected chi connectivity index (χ2v) is 17.3. The minimum atomic E-state index is -0.588. The Bertz CT molecular complexity index is 1480. The number of nitrogens with zero attached hydrogens (tertiary/aromatic N) is 2. The molecule has 0 radical (unpaired) electrons. The van der Waals surface area contributed by atoms with Gasteiger partial charge in [0.05, 0.1) is 0 Å². The van der Waals surface area contributed by atoms with E-state index in [1.54, 1.807) is 9.80 Å². The van der Waals surface area contributed by atoms with Crippen molar-refractivity contribution in [3.05, 3.63) is 157 Å². The molecular weight excluding hydrogens is 776 g/mol. The van der Waals surface area contributed by atoms with Gasteiger partial charge in [-0.2, -0.15) is 0 Å². The van der Waals surface area contributed by atoms with E-state index in [4.69, 9.17) is 0 Å². The summed E-state index contributed by atoms with van der Waals surface area (Å²) in [5, 5.41) is 5.77. The molecule has 47 heavy (non-hydrogen) atoms. The maximum Gasteiger partial charge on any atom is 2.00 e. The molecule has 0 aliphatic heterocycles. The van der Waals surface area contributed by atoms with Gasteiger partial charge in [-0.25, -0.2) is 0 Å². The van der Waals surface area contributed by atoms with Gasteiger partial charge in [-0.3, -0.25) is 0 Å². The van der Waals surface area contributed by atoms with Crippen LogP contribution >= 0.6 is 40.3 Å². The Morgan fingerprint density at radius 3 is 1.04 bits per heavy atom. The van der Waals surface area contributed by atoms with Crippen molar-refractivity contribution < 1.29 is 19.5 Å². The van der Waals surface area contributed by atoms with Crippen LogP contribution in [0.25, 0.3) is 0 Å². The van der Waals surface area contributed by atoms with E-state index in [9.17, 15) is 0 Å². The van der Waals surface area contributed by atoms with Crippen molar-refractivity contribution >= 4 is 95.4 Å². The summed E-state index contributed by atoms with van der Waals surface area (Å²) in [7, 11) is 6.22. The van der Waals surface area contributed by atoms with Crippen LogP contribution in [0.2, 0.25) is 0 Å². The van der Waals surface area contributed by atoms with E-state index < -0.39 is 15.8 Å². The molecule has 0 unspecified atom stereocenters. The standard InChI is InChI=1S/C32H28P2.2C3H7NS2.Ru/c1-6-16-27(17-7-1)32(34(30-22-12-4-13-23-30)31-24-14-5-15-25-31)26-33(28-18-8-2-9-19-28)29-20-10-3-11-21-29;2*1-4(2)3(5)6;/h1-25,32H,26H2;2*1-2H3,(H,5,6);/q;;;+2/p-2/t32-;;;/m0.../s1. The van der Waals surface area contributed by atoms with E-state index in [-0.39, 0.29) is 19.5 Å². The third kappa shape index (κ3) is 14.1. The zero-order valence-electron chi connectivity index (χ0n) is 27.0. The smallest absolute Gasteiger partial charge is 0.411 e. The Kier molecular flexibility index (Phi) is 19.6. The van der Waals surface area contributed by atoms with Crippen molar-refractivity contribution in [3.63, 3.8) is 0 Å². The van der Waals surface area contributed by atoms with Crippen LogP contribution in [0.1, 0.15) is 11.2 Å². The van der Waals surface area contributed by atoms with Crippen molar-refractivity contribution in [2.75, 3.05) is 34.4 Å². The molecular formula is C38H40N2P2RuS4. The molecule has 5 aromatic carbocycles. The van der Waals surface area contributed by atoms with Crippen molar-refractivity contribution in [1.82, 2.24) is 9.80 Å². The van der Waals surface area contributed by atoms with Crippen LogP contribution in [0, 0.1) is 0 Å². The summed E-state index contributed by atoms with van der Waals surface area (Å²) < 4.78 is 1.02. The van der Waals surface area contributed by atoms with E-state index in [0.29, 0.717) is 14.3 Å². The molecule has 0 N–H and O–H groups in total. The van der Waals surface area contributed by atoms with Gasteiger partial charge in [0.1, 0.15) is 0 Å². The van der Waals surface area contributed by atoms with E-state index in [1.165, 1.54) is 26.8 Å². The number of hydrogen-bond donors (Lipinski definition) is 0. The molecule has 0 saturated heterocycles. The van der Waals surface area contributed by atoms with Gasteiger partial charge in [-0.1, -0.05) is 160 Å². The fourth-order valence-electron chi connectivity index (χ4n) is 4.45. The van der Waals surface area contributed by atoms with Crippen LogP contribution in [0.4, 0.5) is 0 Å². The van der Waals surface area contributed by atoms with Gasteiger partial charge in [0.2, 0.25) is 0 Å². The van der Waals surface area contributed by atoms with E-state index in [0.717, 1.165) is 6.16 Å². The summed E-state index contributed by atoms with van der Waals surface area (Å²) >= 11 is 18.2. The summed E-state index contributed by atoms with van der Waals surface area (Å²) in [5.74, 6) is 0. The van der Waals surface area contributed by atoms with Gasteiger partial charge in [0.25, 0.3) is 0 Å². The van der Waals surface area contributed by atoms with Gasteiger partial charge in [-0.15, -0.1) is 0 Å². The molecule has 2 nitrogen and oxygen atoms in total. The van der Waals surface area contributed by atoms with Gasteiger partial charge >= 0.3 is 19.5 Å². The van der Waals surface area contributed by atoms with Crippen LogP contribution in [-0.2, 0) is 44.7 Å². The Balaban J connectivity index is 0.000000507. The fourth-order valence-corrected chi connectivity index (χ4v) is 10.4. The first-order valence-electron chi connectivity index (χ1n) is 14.8. The maximum absolute atomic E-state index is 4.56. The summed E-state index contributed by atoms with van der Waals surface area (Å²) in [6.07, 6.45) is 1.11. The van der Waals surface area contributed by atoms with Crippen LogP contribution in [0.15, 0.2) is 152 Å². The number of rotatable bonds is 8. The molecule has 0 aliphatic carbocycles. The molecule has 5 rings (SSSR count). The van der Waals surface area contributed by atoms with Gasteiger partial charge < -0.3 is 59.5 Å². The Labute approximate surface area is 319 Å². The summed E-state index contributed by atoms with van der Waals surface area (Å²) in [5.41, 5.74) is 1.84. The SMILES string of the molecule is CN(C)C(=S)[S-].CN(C)C(=S)[S-].[Ru+2].c1ccc([C@H](CP(c2ccccc2)c2ccccc2)P(c2ccccc2)c2ccccc2)cc1. The second-order valence-electron chi connectivity index (χ2n) is 10.6. The molecule has 0 amide bonds. The van der Waals surface area contributed by atoms with Gasteiger partial charge in [0, 0.05) is 33.8 Å². The monoisotopic (exact) mass is 816 g/mol. The number of hydrogen-bond acceptors (Lipinski definition) is 4. The molecule has 0 bridgehead atoms. The third-order valence-corrected chi connectivity index (χ3v) is 13.9. The maximum atomic E-state index is 4.56. The first-order chi connectivity index (χ1) is 22.2. The number of benzene rings is 5. The third-order valence-electron chi connectivity index (χ3n) is 6.79. The summed E-state index contributed by atoms with van der Waals surface area (Å²) in [6, 6.07) is 55.7. The molecule has 1 atom stereocenters. The second kappa shape index (κ2) is 22.4. The minimum absolute atomic E-state index is 0. The molecule has 0 saturated carbocycles. The first-order valence-corrected chi connectivity index (χ1v) is 19.3. The molecule has 0 aliphatic rings. The van der Waals surface area contributed by atoms with Crippen LogP contribution < -0.4 is 21.2 Å². The van der Waals surface area contributed by atoms with Crippen molar-refractivity contribution in [2.45, 2.75) is 5.66 Å². The van der Waals surface area contributed by atoms with E-state index in [2.05, 4.69) is 201 Å². The molecule has 244 valence electrons. The average molecular weight is 816 g/mol. The van der Waals surface area contributed by atoms with Crippen LogP contribution in [0.5, 0.6) is 0 Å². The summed E-state index contributed by atoms with van der Waals surface area (Å²) in [4.78, 5) is 3.43. The Hall–Kier alpha value is -2.20. The van der Waals surface area contributed by atoms with Gasteiger partial charge in [-0.05, 0) is 48.8 Å². The zero-order chi connectivity index (χ0) is 33.3. The normalized spacial score (nSPS) is 10.7. The molecule has 5 aromatic rings. The predicted molar refractivity (Wildman–Crippen MR) is 219 cm³/mol. The molecule has 0 fully saturated rings. The average Bonchev–Trinajstić information content (AvgIpc) is 3.09.